The molecular formula is C18H19N3O2. The van der Waals surface area contributed by atoms with Crippen LogP contribution in [-0.4, -0.2) is 15.0 Å². The Balaban J connectivity index is 1.78. The molecule has 0 bridgehead atoms. The van der Waals surface area contributed by atoms with Crippen molar-refractivity contribution in [1.82, 2.24) is 9.13 Å². The number of hydrogen-bond donors (Lipinski definition) is 1. The quantitative estimate of drug-likeness (QED) is 0.805. The molecule has 0 saturated carbocycles. The van der Waals surface area contributed by atoms with E-state index < -0.39 is 0 Å². The molecule has 0 radical (unpaired) electrons. The number of nitrogens with zero attached hydrogens (tertiary/aromatic N) is 2. The van der Waals surface area contributed by atoms with E-state index in [4.69, 9.17) is 0 Å². The Kier molecular flexibility index (Phi) is 4.02. The van der Waals surface area contributed by atoms with Crippen molar-refractivity contribution in [2.45, 2.75) is 19.9 Å². The van der Waals surface area contributed by atoms with Crippen LogP contribution in [0.1, 0.15) is 12.5 Å². The summed E-state index contributed by atoms with van der Waals surface area (Å²) < 4.78 is 3.20. The highest BCUT2D eigenvalue weighted by molar-refractivity contribution is 5.90. The van der Waals surface area contributed by atoms with E-state index in [-0.39, 0.29) is 18.0 Å². The summed E-state index contributed by atoms with van der Waals surface area (Å²) in [7, 11) is 1.82. The van der Waals surface area contributed by atoms with Gasteiger partial charge in [0, 0.05) is 30.5 Å². The van der Waals surface area contributed by atoms with Gasteiger partial charge in [-0.2, -0.15) is 0 Å². The monoisotopic (exact) mass is 309 g/mol. The number of rotatable bonds is 4. The third-order valence-electron chi connectivity index (χ3n) is 3.96. The second-order valence-corrected chi connectivity index (χ2v) is 5.58. The van der Waals surface area contributed by atoms with Gasteiger partial charge in [-0.25, -0.2) is 0 Å². The molecule has 0 aliphatic rings. The molecule has 23 heavy (non-hydrogen) atoms. The first kappa shape index (κ1) is 15.1. The van der Waals surface area contributed by atoms with E-state index in [1.165, 1.54) is 10.1 Å². The number of anilines is 1. The van der Waals surface area contributed by atoms with Gasteiger partial charge in [0.15, 0.2) is 0 Å². The Morgan fingerprint density at radius 3 is 2.48 bits per heavy atom. The van der Waals surface area contributed by atoms with Crippen LogP contribution in [0.15, 0.2) is 53.6 Å². The maximum absolute atomic E-state index is 12.4. The summed E-state index contributed by atoms with van der Waals surface area (Å²) in [6.45, 7) is 2.08. The van der Waals surface area contributed by atoms with Crippen LogP contribution in [0.4, 0.5) is 5.69 Å². The molecule has 1 amide bonds. The maximum atomic E-state index is 12.4. The molecule has 3 rings (SSSR count). The van der Waals surface area contributed by atoms with Crippen molar-refractivity contribution in [1.29, 1.82) is 0 Å². The highest BCUT2D eigenvalue weighted by Gasteiger charge is 2.09. The van der Waals surface area contributed by atoms with E-state index in [2.05, 4.69) is 12.2 Å². The smallest absolute Gasteiger partial charge is 0.275 e. The summed E-state index contributed by atoms with van der Waals surface area (Å²) >= 11 is 0. The van der Waals surface area contributed by atoms with E-state index in [0.717, 1.165) is 17.5 Å². The Morgan fingerprint density at radius 1 is 1.09 bits per heavy atom. The third-order valence-corrected chi connectivity index (χ3v) is 3.96. The van der Waals surface area contributed by atoms with E-state index in [1.807, 2.05) is 49.6 Å². The lowest BCUT2D eigenvalue weighted by Crippen LogP contribution is -2.27. The van der Waals surface area contributed by atoms with Gasteiger partial charge in [-0.3, -0.25) is 9.59 Å². The summed E-state index contributed by atoms with van der Waals surface area (Å²) in [6.07, 6.45) is 4.45. The van der Waals surface area contributed by atoms with Gasteiger partial charge in [0.1, 0.15) is 12.1 Å². The van der Waals surface area contributed by atoms with E-state index >= 15 is 0 Å². The predicted molar refractivity (Wildman–Crippen MR) is 91.6 cm³/mol. The van der Waals surface area contributed by atoms with Gasteiger partial charge in [-0.1, -0.05) is 19.1 Å². The zero-order chi connectivity index (χ0) is 16.4. The minimum absolute atomic E-state index is 0.00448. The molecule has 0 atom stereocenters. The molecule has 5 nitrogen and oxygen atoms in total. The minimum Gasteiger partial charge on any atom is -0.346 e. The first-order valence-corrected chi connectivity index (χ1v) is 7.61. The SMILES string of the molecule is CCc1ccc(NC(=O)Cn2ccc3ccn(C)c3c2=O)cc1. The molecule has 3 aromatic rings. The number of fused-ring (bicyclic) bond motifs is 1. The van der Waals surface area contributed by atoms with Crippen molar-refractivity contribution in [2.24, 2.45) is 7.05 Å². The van der Waals surface area contributed by atoms with Crippen molar-refractivity contribution >= 4 is 22.5 Å². The Hall–Kier alpha value is -2.82. The van der Waals surface area contributed by atoms with Gasteiger partial charge in [0.2, 0.25) is 5.91 Å². The van der Waals surface area contributed by atoms with Crippen LogP contribution in [0.25, 0.3) is 10.9 Å². The third kappa shape index (κ3) is 3.04. The highest BCUT2D eigenvalue weighted by Crippen LogP contribution is 2.11. The molecule has 118 valence electrons. The molecule has 0 aliphatic carbocycles. The van der Waals surface area contributed by atoms with E-state index in [1.54, 1.807) is 10.8 Å². The molecule has 0 fully saturated rings. The second-order valence-electron chi connectivity index (χ2n) is 5.58. The fourth-order valence-electron chi connectivity index (χ4n) is 2.64. The van der Waals surface area contributed by atoms with Crippen LogP contribution in [0.2, 0.25) is 0 Å². The fraction of sp³-hybridized carbons (Fsp3) is 0.222. The Morgan fingerprint density at radius 2 is 1.78 bits per heavy atom. The Labute approximate surface area is 134 Å². The topological polar surface area (TPSA) is 56.0 Å². The van der Waals surface area contributed by atoms with Crippen LogP contribution in [0.5, 0.6) is 0 Å². The van der Waals surface area contributed by atoms with Crippen molar-refractivity contribution in [3.8, 4) is 0 Å². The fourth-order valence-corrected chi connectivity index (χ4v) is 2.64. The molecule has 1 aromatic carbocycles. The van der Waals surface area contributed by atoms with Gasteiger partial charge in [-0.05, 0) is 36.2 Å². The molecule has 0 aliphatic heterocycles. The zero-order valence-electron chi connectivity index (χ0n) is 13.2. The Bertz CT molecular complexity index is 904. The normalized spacial score (nSPS) is 10.9. The van der Waals surface area contributed by atoms with Crippen molar-refractivity contribution < 1.29 is 4.79 Å². The van der Waals surface area contributed by atoms with Crippen molar-refractivity contribution in [3.63, 3.8) is 0 Å². The molecular weight excluding hydrogens is 290 g/mol. The van der Waals surface area contributed by atoms with E-state index in [0.29, 0.717) is 5.52 Å². The number of pyridine rings is 1. The lowest BCUT2D eigenvalue weighted by molar-refractivity contribution is -0.116. The number of carbonyl (C=O) groups excluding carboxylic acids is 1. The van der Waals surface area contributed by atoms with Gasteiger partial charge in [-0.15, -0.1) is 0 Å². The predicted octanol–water partition coefficient (Wildman–Crippen LogP) is 2.54. The first-order valence-electron chi connectivity index (χ1n) is 7.61. The zero-order valence-corrected chi connectivity index (χ0v) is 13.2. The standard InChI is InChI=1S/C18H19N3O2/c1-3-13-4-6-15(7-5-13)19-16(22)12-21-11-9-14-8-10-20(2)17(14)18(21)23/h4-11H,3,12H2,1-2H3,(H,19,22). The highest BCUT2D eigenvalue weighted by atomic mass is 16.2. The van der Waals surface area contributed by atoms with E-state index in [9.17, 15) is 9.59 Å². The molecule has 1 N–H and O–H groups in total. The maximum Gasteiger partial charge on any atom is 0.275 e. The minimum atomic E-state index is -0.218. The van der Waals surface area contributed by atoms with Crippen LogP contribution >= 0.6 is 0 Å². The number of aromatic nitrogens is 2. The number of benzene rings is 1. The van der Waals surface area contributed by atoms with Gasteiger partial charge in [0.05, 0.1) is 0 Å². The molecule has 5 heteroatoms. The summed E-state index contributed by atoms with van der Waals surface area (Å²) in [5.41, 5.74) is 2.40. The summed E-state index contributed by atoms with van der Waals surface area (Å²) in [5.74, 6) is -0.218. The summed E-state index contributed by atoms with van der Waals surface area (Å²) in [6, 6.07) is 11.5. The van der Waals surface area contributed by atoms with Crippen molar-refractivity contribution in [3.05, 3.63) is 64.7 Å². The molecule has 2 aromatic heterocycles. The number of nitrogens with one attached hydrogen (secondary N) is 1. The van der Waals surface area contributed by atoms with Crippen LogP contribution in [0, 0.1) is 0 Å². The lowest BCUT2D eigenvalue weighted by atomic mass is 10.1. The molecule has 0 saturated heterocycles. The number of carbonyl (C=O) groups is 1. The number of amides is 1. The summed E-state index contributed by atoms with van der Waals surface area (Å²) in [5, 5.41) is 3.70. The average molecular weight is 309 g/mol. The van der Waals surface area contributed by atoms with Crippen LogP contribution in [0.3, 0.4) is 0 Å². The number of aryl methyl sites for hydroxylation is 2. The van der Waals surface area contributed by atoms with Crippen LogP contribution < -0.4 is 10.9 Å². The van der Waals surface area contributed by atoms with Crippen molar-refractivity contribution in [2.75, 3.05) is 5.32 Å². The second kappa shape index (κ2) is 6.12. The summed E-state index contributed by atoms with van der Waals surface area (Å²) in [4.78, 5) is 24.6. The average Bonchev–Trinajstić information content (AvgIpc) is 2.93. The largest absolute Gasteiger partial charge is 0.346 e. The first-order chi connectivity index (χ1) is 11.1. The molecule has 2 heterocycles. The molecule has 0 spiro atoms. The van der Waals surface area contributed by atoms with Crippen LogP contribution in [-0.2, 0) is 24.8 Å². The lowest BCUT2D eigenvalue weighted by Gasteiger charge is -2.08. The number of hydrogen-bond acceptors (Lipinski definition) is 2. The van der Waals surface area contributed by atoms with Gasteiger partial charge in [0.25, 0.3) is 5.56 Å². The molecule has 0 unspecified atom stereocenters. The van der Waals surface area contributed by atoms with Gasteiger partial charge < -0.3 is 14.5 Å². The van der Waals surface area contributed by atoms with Gasteiger partial charge >= 0.3 is 0 Å².